The molecular weight excluding hydrogens is 542 g/mol. The van der Waals surface area contributed by atoms with Gasteiger partial charge in [0.25, 0.3) is 0 Å². The predicted molar refractivity (Wildman–Crippen MR) is 144 cm³/mol. The highest BCUT2D eigenvalue weighted by atomic mass is 16.4. The summed E-state index contributed by atoms with van der Waals surface area (Å²) in [7, 11) is 0. The third kappa shape index (κ3) is 12.6. The number of nitrogens with two attached hydrogens (primary N) is 3. The van der Waals surface area contributed by atoms with Gasteiger partial charge in [0.2, 0.25) is 11.6 Å². The van der Waals surface area contributed by atoms with Gasteiger partial charge < -0.3 is 47.8 Å². The first-order valence-electron chi connectivity index (χ1n) is 11.8. The van der Waals surface area contributed by atoms with Crippen molar-refractivity contribution < 1.29 is 54.6 Å². The Morgan fingerprint density at radius 1 is 0.610 bits per heavy atom. The summed E-state index contributed by atoms with van der Waals surface area (Å²) in [6.45, 7) is 0. The van der Waals surface area contributed by atoms with Gasteiger partial charge in [0, 0.05) is 0 Å². The largest absolute Gasteiger partial charge is 0.508 e. The summed E-state index contributed by atoms with van der Waals surface area (Å²) in [6.07, 6.45) is 4.08. The number of hydrogen-bond donors (Lipinski definition) is 9. The van der Waals surface area contributed by atoms with Gasteiger partial charge in [0.15, 0.2) is 11.5 Å². The van der Waals surface area contributed by atoms with Crippen LogP contribution in [0.25, 0.3) is 0 Å². The van der Waals surface area contributed by atoms with Crippen LogP contribution in [0, 0.1) is 0 Å². The molecular formula is C27H31N3O11. The Labute approximate surface area is 233 Å². The minimum absolute atomic E-state index is 0.0465. The topological polar surface area (TPSA) is 285 Å². The number of aliphatic carboxylic acids is 3. The number of carboxylic acid groups (broad SMARTS) is 3. The third-order valence-electron chi connectivity index (χ3n) is 5.30. The van der Waals surface area contributed by atoms with Crippen LogP contribution in [0.1, 0.15) is 17.5 Å². The van der Waals surface area contributed by atoms with Crippen LogP contribution in [0.2, 0.25) is 0 Å². The Morgan fingerprint density at radius 3 is 1.54 bits per heavy atom. The zero-order chi connectivity index (χ0) is 31.3. The number of hydrogen-bond acceptors (Lipinski definition) is 11. The maximum absolute atomic E-state index is 10.9. The van der Waals surface area contributed by atoms with Gasteiger partial charge in [0.05, 0.1) is 0 Å². The Morgan fingerprint density at radius 2 is 1.07 bits per heavy atom. The fourth-order valence-corrected chi connectivity index (χ4v) is 3.03. The lowest BCUT2D eigenvalue weighted by molar-refractivity contribution is -0.139. The summed E-state index contributed by atoms with van der Waals surface area (Å²) in [6, 6.07) is 7.47. The van der Waals surface area contributed by atoms with Gasteiger partial charge in [-0.25, -0.2) is 0 Å². The molecule has 0 saturated heterocycles. The molecule has 0 saturated carbocycles. The fraction of sp³-hybridized carbons (Fsp3) is 0.222. The van der Waals surface area contributed by atoms with E-state index in [-0.39, 0.29) is 36.5 Å². The van der Waals surface area contributed by atoms with Crippen LogP contribution in [-0.4, -0.2) is 78.2 Å². The highest BCUT2D eigenvalue weighted by Gasteiger charge is 2.18. The summed E-state index contributed by atoms with van der Waals surface area (Å²) in [5.41, 5.74) is 17.7. The van der Waals surface area contributed by atoms with E-state index in [1.165, 1.54) is 36.4 Å². The smallest absolute Gasteiger partial charge is 0.320 e. The van der Waals surface area contributed by atoms with E-state index in [4.69, 9.17) is 47.8 Å². The molecule has 0 amide bonds. The summed E-state index contributed by atoms with van der Waals surface area (Å²) in [5, 5.41) is 52.6. The Bertz CT molecular complexity index is 1320. The van der Waals surface area contributed by atoms with E-state index < -0.39 is 47.6 Å². The number of rotatable bonds is 9. The molecule has 2 aromatic carbocycles. The summed E-state index contributed by atoms with van der Waals surface area (Å²) in [4.78, 5) is 52.8. The van der Waals surface area contributed by atoms with Crippen molar-refractivity contribution >= 4 is 29.5 Å². The molecule has 0 fully saturated rings. The van der Waals surface area contributed by atoms with E-state index in [1.54, 1.807) is 12.1 Å². The Hall–Kier alpha value is -5.05. The molecule has 41 heavy (non-hydrogen) atoms. The minimum atomic E-state index is -1.14. The molecule has 0 spiro atoms. The second-order valence-electron chi connectivity index (χ2n) is 8.72. The second kappa shape index (κ2) is 16.1. The second-order valence-corrected chi connectivity index (χ2v) is 8.72. The number of allylic oxidation sites excluding steroid dienone is 3. The van der Waals surface area contributed by atoms with Gasteiger partial charge >= 0.3 is 17.9 Å². The molecule has 1 aliphatic carbocycles. The molecule has 3 atom stereocenters. The normalized spacial score (nSPS) is 14.3. The molecule has 2 aromatic rings. The maximum Gasteiger partial charge on any atom is 0.320 e. The molecule has 12 N–H and O–H groups in total. The van der Waals surface area contributed by atoms with Crippen molar-refractivity contribution in [2.45, 2.75) is 37.4 Å². The van der Waals surface area contributed by atoms with Crippen molar-refractivity contribution in [2.24, 2.45) is 17.2 Å². The number of phenols is 3. The molecule has 0 aliphatic heterocycles. The van der Waals surface area contributed by atoms with Crippen molar-refractivity contribution in [1.82, 2.24) is 0 Å². The van der Waals surface area contributed by atoms with E-state index in [0.29, 0.717) is 11.1 Å². The van der Waals surface area contributed by atoms with E-state index in [2.05, 4.69) is 0 Å². The van der Waals surface area contributed by atoms with E-state index in [1.807, 2.05) is 0 Å². The van der Waals surface area contributed by atoms with Crippen LogP contribution in [-0.2, 0) is 36.8 Å². The monoisotopic (exact) mass is 573 g/mol. The van der Waals surface area contributed by atoms with Gasteiger partial charge in [-0.05, 0) is 72.4 Å². The average molecular weight is 574 g/mol. The lowest BCUT2D eigenvalue weighted by atomic mass is 9.99. The zero-order valence-electron chi connectivity index (χ0n) is 21.6. The molecule has 1 aliphatic rings. The lowest BCUT2D eigenvalue weighted by Crippen LogP contribution is -2.32. The Kier molecular flexibility index (Phi) is 13.4. The predicted octanol–water partition coefficient (Wildman–Crippen LogP) is -0.178. The highest BCUT2D eigenvalue weighted by molar-refractivity contribution is 6.46. The zero-order valence-corrected chi connectivity index (χ0v) is 21.6. The highest BCUT2D eigenvalue weighted by Crippen LogP contribution is 2.25. The molecule has 0 heterocycles. The van der Waals surface area contributed by atoms with Crippen LogP contribution in [0.4, 0.5) is 0 Å². The van der Waals surface area contributed by atoms with E-state index in [0.717, 1.165) is 17.7 Å². The number of phenolic OH excluding ortho intramolecular Hbond substituents is 3. The van der Waals surface area contributed by atoms with Crippen molar-refractivity contribution in [2.75, 3.05) is 0 Å². The van der Waals surface area contributed by atoms with Crippen molar-refractivity contribution in [3.05, 3.63) is 77.4 Å². The third-order valence-corrected chi connectivity index (χ3v) is 5.30. The fourth-order valence-electron chi connectivity index (χ4n) is 3.03. The first-order chi connectivity index (χ1) is 19.1. The molecule has 14 nitrogen and oxygen atoms in total. The first kappa shape index (κ1) is 34.0. The van der Waals surface area contributed by atoms with Crippen LogP contribution in [0.15, 0.2) is 66.3 Å². The lowest BCUT2D eigenvalue weighted by Gasteiger charge is -2.08. The molecule has 3 rings (SSSR count). The van der Waals surface area contributed by atoms with E-state index >= 15 is 0 Å². The summed E-state index contributed by atoms with van der Waals surface area (Å²) in [5.74, 6) is -4.85. The molecule has 0 aromatic heterocycles. The standard InChI is InChI=1S/C9H11NO4.C9H9NO4.C9H11NO3/c2*10-6(9(13)14)3-5-1-2-7(11)8(12)4-5;10-8(9(12)13)5-6-1-3-7(11)4-2-6/h1-2,4,6,11-12H,3,10H2,(H,13,14);1-2,4,6H,3,10H2,(H,13,14);1-4,8,11H,5,10H2,(H,12,13). The van der Waals surface area contributed by atoms with Gasteiger partial charge in [-0.15, -0.1) is 0 Å². The number of carbonyl (C=O) groups excluding carboxylic acids is 2. The molecule has 0 radical (unpaired) electrons. The summed E-state index contributed by atoms with van der Waals surface area (Å²) < 4.78 is 0. The van der Waals surface area contributed by atoms with Crippen LogP contribution in [0.3, 0.4) is 0 Å². The van der Waals surface area contributed by atoms with Gasteiger partial charge in [0.1, 0.15) is 23.9 Å². The number of carbonyl (C=O) groups is 5. The van der Waals surface area contributed by atoms with E-state index in [9.17, 15) is 24.0 Å². The van der Waals surface area contributed by atoms with Crippen LogP contribution >= 0.6 is 0 Å². The van der Waals surface area contributed by atoms with Crippen molar-refractivity contribution in [3.8, 4) is 17.2 Å². The van der Waals surface area contributed by atoms with Crippen molar-refractivity contribution in [1.29, 1.82) is 0 Å². The quantitative estimate of drug-likeness (QED) is 0.107. The van der Waals surface area contributed by atoms with Gasteiger partial charge in [-0.2, -0.15) is 0 Å². The number of benzene rings is 2. The SMILES string of the molecule is NC(CC1=CC(=O)C(=O)C=C1)C(=O)O.NC(Cc1ccc(O)c(O)c1)C(=O)O.NC(Cc1ccc(O)cc1)C(=O)O. The minimum Gasteiger partial charge on any atom is -0.508 e. The number of aromatic hydroxyl groups is 3. The first-order valence-corrected chi connectivity index (χ1v) is 11.8. The summed E-state index contributed by atoms with van der Waals surface area (Å²) >= 11 is 0. The van der Waals surface area contributed by atoms with Gasteiger partial charge in [-0.1, -0.05) is 24.3 Å². The van der Waals surface area contributed by atoms with Crippen LogP contribution < -0.4 is 17.2 Å². The molecule has 14 heteroatoms. The Balaban J connectivity index is 0.000000308. The van der Waals surface area contributed by atoms with Crippen molar-refractivity contribution in [3.63, 3.8) is 0 Å². The number of carboxylic acids is 3. The van der Waals surface area contributed by atoms with Gasteiger partial charge in [-0.3, -0.25) is 24.0 Å². The number of ketones is 2. The molecule has 3 unspecified atom stereocenters. The average Bonchev–Trinajstić information content (AvgIpc) is 2.90. The van der Waals surface area contributed by atoms with Crippen LogP contribution in [0.5, 0.6) is 17.2 Å². The molecule has 0 bridgehead atoms. The maximum atomic E-state index is 10.9. The molecule has 220 valence electrons.